The Morgan fingerprint density at radius 3 is 1.42 bits per heavy atom. The highest BCUT2D eigenvalue weighted by Gasteiger charge is 2.51. The van der Waals surface area contributed by atoms with Crippen LogP contribution in [0.3, 0.4) is 0 Å². The lowest BCUT2D eigenvalue weighted by molar-refractivity contribution is 0.159. The van der Waals surface area contributed by atoms with Crippen LogP contribution in [0.15, 0.2) is 91.0 Å². The third kappa shape index (κ3) is 3.28. The second kappa shape index (κ2) is 7.23. The molecule has 0 bridgehead atoms. The minimum absolute atomic E-state index is 0.0842. The molecule has 1 aliphatic heterocycles. The Morgan fingerprint density at radius 1 is 0.615 bits per heavy atom. The summed E-state index contributed by atoms with van der Waals surface area (Å²) in [5.41, 5.74) is 2.34. The van der Waals surface area contributed by atoms with Gasteiger partial charge in [0.05, 0.1) is 12.2 Å². The van der Waals surface area contributed by atoms with E-state index in [9.17, 15) is 0 Å². The summed E-state index contributed by atoms with van der Waals surface area (Å²) in [6.07, 6.45) is -0.168. The molecule has 1 heterocycles. The van der Waals surface area contributed by atoms with Crippen LogP contribution in [-0.2, 0) is 9.31 Å². The molecule has 3 aromatic carbocycles. The first-order chi connectivity index (χ1) is 12.7. The maximum atomic E-state index is 6.57. The molecule has 0 radical (unpaired) electrons. The Labute approximate surface area is 156 Å². The predicted molar refractivity (Wildman–Crippen MR) is 110 cm³/mol. The van der Waals surface area contributed by atoms with Crippen LogP contribution in [0.2, 0.25) is 13.1 Å². The molecule has 2 unspecified atom stereocenters. The van der Waals surface area contributed by atoms with Crippen LogP contribution in [0, 0.1) is 0 Å². The molecule has 0 aliphatic carbocycles. The van der Waals surface area contributed by atoms with E-state index >= 15 is 0 Å². The summed E-state index contributed by atoms with van der Waals surface area (Å²) in [5.74, 6) is 0. The van der Waals surface area contributed by atoms with Crippen molar-refractivity contribution in [2.45, 2.75) is 25.3 Å². The van der Waals surface area contributed by atoms with Gasteiger partial charge >= 0.3 is 6.71 Å². The van der Waals surface area contributed by atoms with Gasteiger partial charge in [0.15, 0.2) is 0 Å². The van der Waals surface area contributed by atoms with Gasteiger partial charge in [0, 0.05) is 0 Å². The molecule has 130 valence electrons. The van der Waals surface area contributed by atoms with Crippen molar-refractivity contribution >= 4 is 19.8 Å². The molecule has 0 amide bonds. The standard InChI is InChI=1S/C22H23BO2Si/c1-26(2,20-16-10-5-11-17-20)23-24-21(18-12-6-3-7-13-18)22(25-23)19-14-8-4-9-15-19/h3-17,21-22H,1-2H3. The van der Waals surface area contributed by atoms with Crippen LogP contribution in [0.5, 0.6) is 0 Å². The summed E-state index contributed by atoms with van der Waals surface area (Å²) < 4.78 is 13.1. The van der Waals surface area contributed by atoms with Crippen LogP contribution in [-0.4, -0.2) is 14.7 Å². The molecular formula is C22H23BO2Si. The number of hydrogen-bond acceptors (Lipinski definition) is 2. The molecule has 1 aliphatic rings. The Balaban J connectivity index is 1.69. The quantitative estimate of drug-likeness (QED) is 0.630. The third-order valence-corrected chi connectivity index (χ3v) is 8.45. The average molecular weight is 358 g/mol. The van der Waals surface area contributed by atoms with Crippen molar-refractivity contribution in [1.29, 1.82) is 0 Å². The molecule has 4 heteroatoms. The molecule has 1 saturated heterocycles. The van der Waals surface area contributed by atoms with Crippen LogP contribution >= 0.6 is 0 Å². The molecule has 2 atom stereocenters. The summed E-state index contributed by atoms with van der Waals surface area (Å²) in [5, 5.41) is 1.35. The predicted octanol–water partition coefficient (Wildman–Crippen LogP) is 4.70. The molecule has 0 saturated carbocycles. The monoisotopic (exact) mass is 358 g/mol. The van der Waals surface area contributed by atoms with E-state index < -0.39 is 7.94 Å². The second-order valence-electron chi connectivity index (χ2n) is 7.35. The molecular weight excluding hydrogens is 335 g/mol. The van der Waals surface area contributed by atoms with Gasteiger partial charge in [-0.1, -0.05) is 109 Å². The molecule has 4 rings (SSSR count). The van der Waals surface area contributed by atoms with Gasteiger partial charge in [-0.3, -0.25) is 0 Å². The highest BCUT2D eigenvalue weighted by atomic mass is 28.3. The summed E-state index contributed by atoms with van der Waals surface area (Å²) in [6.45, 7) is 4.46. The van der Waals surface area contributed by atoms with Gasteiger partial charge in [-0.05, 0) is 11.1 Å². The Kier molecular flexibility index (Phi) is 4.81. The van der Waals surface area contributed by atoms with E-state index in [1.54, 1.807) is 0 Å². The van der Waals surface area contributed by atoms with Crippen molar-refractivity contribution in [3.63, 3.8) is 0 Å². The van der Waals surface area contributed by atoms with Gasteiger partial charge in [-0.2, -0.15) is 0 Å². The van der Waals surface area contributed by atoms with E-state index in [1.165, 1.54) is 16.3 Å². The Bertz CT molecular complexity index is 792. The van der Waals surface area contributed by atoms with E-state index in [-0.39, 0.29) is 18.9 Å². The van der Waals surface area contributed by atoms with Crippen LogP contribution in [0.25, 0.3) is 0 Å². The Morgan fingerprint density at radius 2 is 1.00 bits per heavy atom. The first kappa shape index (κ1) is 17.3. The number of benzene rings is 3. The van der Waals surface area contributed by atoms with E-state index in [0.29, 0.717) is 0 Å². The molecule has 3 aromatic rings. The van der Waals surface area contributed by atoms with E-state index in [0.717, 1.165) is 0 Å². The maximum absolute atomic E-state index is 6.57. The molecule has 0 aromatic heterocycles. The van der Waals surface area contributed by atoms with E-state index in [4.69, 9.17) is 9.31 Å². The van der Waals surface area contributed by atoms with Gasteiger partial charge in [-0.15, -0.1) is 0 Å². The minimum Gasteiger partial charge on any atom is -0.404 e. The van der Waals surface area contributed by atoms with E-state index in [2.05, 4.69) is 92.0 Å². The number of rotatable bonds is 4. The average Bonchev–Trinajstić information content (AvgIpc) is 3.16. The first-order valence-electron chi connectivity index (χ1n) is 9.12. The van der Waals surface area contributed by atoms with Crippen molar-refractivity contribution in [2.75, 3.05) is 0 Å². The fraction of sp³-hybridized carbons (Fsp3) is 0.182. The van der Waals surface area contributed by atoms with Crippen molar-refractivity contribution in [3.8, 4) is 0 Å². The van der Waals surface area contributed by atoms with Crippen LogP contribution < -0.4 is 5.19 Å². The van der Waals surface area contributed by atoms with Crippen molar-refractivity contribution in [2.24, 2.45) is 0 Å². The summed E-state index contributed by atoms with van der Waals surface area (Å²) >= 11 is 0. The maximum Gasteiger partial charge on any atom is 0.438 e. The Hall–Kier alpha value is -2.14. The first-order valence-corrected chi connectivity index (χ1v) is 12.2. The molecule has 0 spiro atoms. The second-order valence-corrected chi connectivity index (χ2v) is 11.8. The normalized spacial score (nSPS) is 20.3. The highest BCUT2D eigenvalue weighted by molar-refractivity contribution is 7.33. The molecule has 0 N–H and O–H groups in total. The SMILES string of the molecule is C[Si](C)(B1OC(c2ccccc2)C(c2ccccc2)O1)c1ccccc1. The zero-order valence-corrected chi connectivity index (χ0v) is 16.2. The summed E-state index contributed by atoms with van der Waals surface area (Å²) in [6, 6.07) is 31.5. The highest BCUT2D eigenvalue weighted by Crippen LogP contribution is 2.43. The summed E-state index contributed by atoms with van der Waals surface area (Å²) in [4.78, 5) is 0. The smallest absolute Gasteiger partial charge is 0.404 e. The lowest BCUT2D eigenvalue weighted by Gasteiger charge is -2.25. The van der Waals surface area contributed by atoms with Gasteiger partial charge < -0.3 is 9.31 Å². The van der Waals surface area contributed by atoms with Crippen molar-refractivity contribution in [3.05, 3.63) is 102 Å². The fourth-order valence-corrected chi connectivity index (χ4v) is 5.87. The van der Waals surface area contributed by atoms with Gasteiger partial charge in [0.2, 0.25) is 0 Å². The van der Waals surface area contributed by atoms with Crippen molar-refractivity contribution in [1.82, 2.24) is 0 Å². The zero-order valence-electron chi connectivity index (χ0n) is 15.2. The van der Waals surface area contributed by atoms with Crippen molar-refractivity contribution < 1.29 is 9.31 Å². The zero-order chi connectivity index (χ0) is 18.0. The summed E-state index contributed by atoms with van der Waals surface area (Å²) in [7, 11) is -1.94. The molecule has 26 heavy (non-hydrogen) atoms. The largest absolute Gasteiger partial charge is 0.438 e. The van der Waals surface area contributed by atoms with Crippen LogP contribution in [0.4, 0.5) is 0 Å². The lowest BCUT2D eigenvalue weighted by atomic mass is 9.99. The van der Waals surface area contributed by atoms with Gasteiger partial charge in [0.25, 0.3) is 0 Å². The third-order valence-electron chi connectivity index (χ3n) is 5.18. The van der Waals surface area contributed by atoms with Gasteiger partial charge in [-0.25, -0.2) is 0 Å². The van der Waals surface area contributed by atoms with E-state index in [1.807, 2.05) is 12.1 Å². The topological polar surface area (TPSA) is 18.5 Å². The van der Waals surface area contributed by atoms with Crippen LogP contribution in [0.1, 0.15) is 23.3 Å². The fourth-order valence-electron chi connectivity index (χ4n) is 3.58. The molecule has 2 nitrogen and oxygen atoms in total. The number of hydrogen-bond donors (Lipinski definition) is 0. The lowest BCUT2D eigenvalue weighted by Crippen LogP contribution is -2.56. The molecule has 1 fully saturated rings. The van der Waals surface area contributed by atoms with Gasteiger partial charge in [0.1, 0.15) is 7.94 Å². The minimum atomic E-state index is -1.94.